The molecule has 1 saturated carbocycles. The summed E-state index contributed by atoms with van der Waals surface area (Å²) in [5.41, 5.74) is 1.95. The number of carbonyl (C=O) groups excluding carboxylic acids is 1. The molecule has 0 amide bonds. The summed E-state index contributed by atoms with van der Waals surface area (Å²) in [5.74, 6) is -0.301. The molecule has 14 heteroatoms. The molecule has 1 aliphatic carbocycles. The highest BCUT2D eigenvalue weighted by Gasteiger charge is 2.26. The summed E-state index contributed by atoms with van der Waals surface area (Å²) in [6.07, 6.45) is 6.91. The lowest BCUT2D eigenvalue weighted by molar-refractivity contribution is -0.377. The molecule has 0 spiro atoms. The van der Waals surface area contributed by atoms with Gasteiger partial charge >= 0.3 is 12.6 Å². The molecule has 0 unspecified atom stereocenters. The predicted molar refractivity (Wildman–Crippen MR) is 157 cm³/mol. The van der Waals surface area contributed by atoms with Crippen LogP contribution in [-0.4, -0.2) is 38.4 Å². The fraction of sp³-hybridized carbons (Fsp3) is 0.310. The van der Waals surface area contributed by atoms with Gasteiger partial charge < -0.3 is 18.8 Å². The molecule has 0 saturated heterocycles. The van der Waals surface area contributed by atoms with E-state index in [1.54, 1.807) is 47.4 Å². The van der Waals surface area contributed by atoms with Crippen molar-refractivity contribution in [1.29, 1.82) is 0 Å². The lowest BCUT2D eigenvalue weighted by Gasteiger charge is -2.21. The molecule has 228 valence electrons. The van der Waals surface area contributed by atoms with E-state index in [9.17, 15) is 22.0 Å². The van der Waals surface area contributed by atoms with Crippen LogP contribution in [0, 0.1) is 5.92 Å². The number of ether oxygens (including phenoxy) is 3. The summed E-state index contributed by atoms with van der Waals surface area (Å²) in [6, 6.07) is 11.1. The maximum Gasteiger partial charge on any atom is 0.387 e. The third kappa shape index (κ3) is 8.07. The van der Waals surface area contributed by atoms with Crippen molar-refractivity contribution in [1.82, 2.24) is 4.57 Å². The third-order valence-electron chi connectivity index (χ3n) is 6.80. The van der Waals surface area contributed by atoms with E-state index in [-0.39, 0.29) is 24.5 Å². The minimum Gasteiger partial charge on any atom is -0.489 e. The van der Waals surface area contributed by atoms with Crippen LogP contribution >= 0.6 is 23.2 Å². The topological polar surface area (TPSA) is 110 Å². The smallest absolute Gasteiger partial charge is 0.387 e. The normalized spacial score (nSPS) is 14.1. The van der Waals surface area contributed by atoms with E-state index in [2.05, 4.69) is 14.4 Å². The van der Waals surface area contributed by atoms with Gasteiger partial charge in [-0.15, -0.1) is 0 Å². The van der Waals surface area contributed by atoms with Gasteiger partial charge in [-0.1, -0.05) is 35.3 Å². The summed E-state index contributed by atoms with van der Waals surface area (Å²) in [6.45, 7) is -2.91. The number of esters is 1. The highest BCUT2D eigenvalue weighted by Crippen LogP contribution is 2.38. The average molecular weight is 656 g/mol. The Labute approximate surface area is 256 Å². The fourth-order valence-corrected chi connectivity index (χ4v) is 5.70. The van der Waals surface area contributed by atoms with Crippen molar-refractivity contribution in [3.05, 3.63) is 82.2 Å². The van der Waals surface area contributed by atoms with Gasteiger partial charge in [0.2, 0.25) is 10.0 Å². The van der Waals surface area contributed by atoms with Gasteiger partial charge in [0.25, 0.3) is 0 Å². The standard InChI is InChI=1S/C29H27Cl2F2N3O6S/c1-43(38,39)35-23-3-2-4-24-19(23)9-10-36(24)15-28(37)41-26(12-20-21(30)13-34-14-22(20)31)18-7-8-25(42-29(32)33)27(11-18)40-16-17-5-6-17/h2-4,7-11,13-14,17,26,29,35H,5-6,12,15-16H2,1H3/p+1/t26-/m0/s1. The van der Waals surface area contributed by atoms with E-state index in [4.69, 9.17) is 32.7 Å². The molecular weight excluding hydrogens is 627 g/mol. The molecule has 1 atom stereocenters. The van der Waals surface area contributed by atoms with Gasteiger partial charge in [-0.25, -0.2) is 13.4 Å². The lowest BCUT2D eigenvalue weighted by atomic mass is 10.0. The first-order valence-electron chi connectivity index (χ1n) is 13.3. The van der Waals surface area contributed by atoms with E-state index in [1.807, 2.05) is 0 Å². The molecule has 4 aromatic rings. The summed E-state index contributed by atoms with van der Waals surface area (Å²) in [7, 11) is -3.52. The number of H-pyrrole nitrogens is 1. The molecule has 2 heterocycles. The number of rotatable bonds is 13. The Balaban J connectivity index is 1.44. The summed E-state index contributed by atoms with van der Waals surface area (Å²) < 4.78 is 70.3. The van der Waals surface area contributed by atoms with Crippen LogP contribution < -0.4 is 19.2 Å². The molecule has 2 aromatic carbocycles. The number of aromatic amines is 1. The Morgan fingerprint density at radius 2 is 1.86 bits per heavy atom. The number of hydrogen-bond acceptors (Lipinski definition) is 6. The van der Waals surface area contributed by atoms with Gasteiger partial charge in [0, 0.05) is 23.6 Å². The van der Waals surface area contributed by atoms with Gasteiger partial charge in [0.15, 0.2) is 23.9 Å². The molecular formula is C29H28Cl2F2N3O6S+. The van der Waals surface area contributed by atoms with Crippen molar-refractivity contribution in [2.45, 2.75) is 38.5 Å². The van der Waals surface area contributed by atoms with Crippen LogP contribution in [0.4, 0.5) is 14.5 Å². The monoisotopic (exact) mass is 654 g/mol. The van der Waals surface area contributed by atoms with Gasteiger partial charge in [0.1, 0.15) is 22.7 Å². The highest BCUT2D eigenvalue weighted by molar-refractivity contribution is 7.92. The first-order valence-corrected chi connectivity index (χ1v) is 15.9. The maximum atomic E-state index is 13.4. The summed E-state index contributed by atoms with van der Waals surface area (Å²) >= 11 is 12.8. The number of sulfonamides is 1. The van der Waals surface area contributed by atoms with Crippen molar-refractivity contribution in [3.8, 4) is 11.5 Å². The maximum absolute atomic E-state index is 13.4. The summed E-state index contributed by atoms with van der Waals surface area (Å²) in [5, 5.41) is 1.24. The van der Waals surface area contributed by atoms with Gasteiger partial charge in [-0.05, 0) is 54.7 Å². The molecule has 0 aliphatic heterocycles. The highest BCUT2D eigenvalue weighted by atomic mass is 35.5. The van der Waals surface area contributed by atoms with Crippen LogP contribution in [0.3, 0.4) is 0 Å². The SMILES string of the molecule is CS(=O)(=O)Nc1cccc2c1ccn2CC(=O)O[C@@H](Cc1c(Cl)c[nH+]cc1Cl)c1ccc(OC(F)F)c(OCC2CC2)c1. The van der Waals surface area contributed by atoms with Gasteiger partial charge in [-0.3, -0.25) is 9.52 Å². The van der Waals surface area contributed by atoms with Crippen LogP contribution in [-0.2, 0) is 32.5 Å². The number of anilines is 1. The van der Waals surface area contributed by atoms with Crippen molar-refractivity contribution in [3.63, 3.8) is 0 Å². The minimum atomic E-state index is -3.52. The quantitative estimate of drug-likeness (QED) is 0.176. The van der Waals surface area contributed by atoms with Crippen LogP contribution in [0.5, 0.6) is 11.5 Å². The van der Waals surface area contributed by atoms with Crippen molar-refractivity contribution in [2.24, 2.45) is 5.92 Å². The predicted octanol–water partition coefficient (Wildman–Crippen LogP) is 6.05. The first kappa shape index (κ1) is 30.8. The number of carbonyl (C=O) groups is 1. The lowest BCUT2D eigenvalue weighted by Crippen LogP contribution is -2.19. The second kappa shape index (κ2) is 12.9. The molecule has 1 fully saturated rings. The first-order chi connectivity index (χ1) is 20.5. The molecule has 0 radical (unpaired) electrons. The molecule has 5 rings (SSSR count). The molecule has 1 aliphatic rings. The zero-order valence-corrected chi connectivity index (χ0v) is 25.2. The van der Waals surface area contributed by atoms with Crippen LogP contribution in [0.25, 0.3) is 10.9 Å². The Hall–Kier alpha value is -3.61. The number of alkyl halides is 2. The van der Waals surface area contributed by atoms with E-state index < -0.39 is 28.7 Å². The molecule has 43 heavy (non-hydrogen) atoms. The number of halogens is 4. The number of fused-ring (bicyclic) bond motifs is 1. The second-order valence-corrected chi connectivity index (χ2v) is 12.8. The molecule has 9 nitrogen and oxygen atoms in total. The number of aromatic nitrogens is 2. The molecule has 2 N–H and O–H groups in total. The van der Waals surface area contributed by atoms with Gasteiger partial charge in [0.05, 0.1) is 24.1 Å². The fourth-order valence-electron chi connectivity index (χ4n) is 4.59. The largest absolute Gasteiger partial charge is 0.489 e. The van der Waals surface area contributed by atoms with Crippen molar-refractivity contribution < 1.29 is 41.2 Å². The van der Waals surface area contributed by atoms with E-state index in [0.717, 1.165) is 19.1 Å². The van der Waals surface area contributed by atoms with Crippen molar-refractivity contribution >= 4 is 55.8 Å². The Morgan fingerprint density at radius 3 is 2.53 bits per heavy atom. The average Bonchev–Trinajstić information content (AvgIpc) is 3.67. The van der Waals surface area contributed by atoms with Crippen LogP contribution in [0.1, 0.15) is 30.1 Å². The number of benzene rings is 2. The zero-order chi connectivity index (χ0) is 30.7. The van der Waals surface area contributed by atoms with E-state index in [1.165, 1.54) is 18.2 Å². The third-order valence-corrected chi connectivity index (χ3v) is 8.06. The number of hydrogen-bond donors (Lipinski definition) is 1. The van der Waals surface area contributed by atoms with Crippen molar-refractivity contribution in [2.75, 3.05) is 17.6 Å². The Kier molecular flexibility index (Phi) is 9.28. The van der Waals surface area contributed by atoms with Crippen LogP contribution in [0.15, 0.2) is 61.1 Å². The minimum absolute atomic E-state index is 0.0735. The number of nitrogens with one attached hydrogen (secondary N) is 2. The van der Waals surface area contributed by atoms with Gasteiger partial charge in [-0.2, -0.15) is 8.78 Å². The Bertz CT molecular complexity index is 1730. The number of pyridine rings is 1. The molecule has 0 bridgehead atoms. The summed E-state index contributed by atoms with van der Waals surface area (Å²) in [4.78, 5) is 16.2. The second-order valence-electron chi connectivity index (χ2n) is 10.2. The zero-order valence-electron chi connectivity index (χ0n) is 22.9. The Morgan fingerprint density at radius 1 is 1.12 bits per heavy atom. The van der Waals surface area contributed by atoms with E-state index in [0.29, 0.717) is 50.3 Å². The van der Waals surface area contributed by atoms with E-state index >= 15 is 0 Å². The van der Waals surface area contributed by atoms with Crippen LogP contribution in [0.2, 0.25) is 10.0 Å². The number of nitrogens with zero attached hydrogens (tertiary/aromatic N) is 1. The molecule has 2 aromatic heterocycles.